The van der Waals surface area contributed by atoms with Crippen LogP contribution in [0.4, 0.5) is 0 Å². The molecule has 2 aromatic carbocycles. The van der Waals surface area contributed by atoms with Gasteiger partial charge < -0.3 is 5.32 Å². The van der Waals surface area contributed by atoms with E-state index in [4.69, 9.17) is 0 Å². The summed E-state index contributed by atoms with van der Waals surface area (Å²) in [6, 6.07) is 20.0. The van der Waals surface area contributed by atoms with E-state index in [1.807, 2.05) is 11.8 Å². The second-order valence-electron chi connectivity index (χ2n) is 4.96. The number of rotatable bonds is 4. The minimum Gasteiger partial charge on any atom is -0.309 e. The zero-order chi connectivity index (χ0) is 12.9. The molecule has 0 spiro atoms. The van der Waals surface area contributed by atoms with Crippen LogP contribution in [0, 0.1) is 0 Å². The van der Waals surface area contributed by atoms with Gasteiger partial charge in [0.05, 0.1) is 0 Å². The maximum absolute atomic E-state index is 3.71. The van der Waals surface area contributed by atoms with Crippen LogP contribution in [0.1, 0.15) is 22.7 Å². The summed E-state index contributed by atoms with van der Waals surface area (Å²) in [4.78, 5) is 0. The normalized spacial score (nSPS) is 18.0. The molecule has 0 radical (unpaired) electrons. The first-order valence-corrected chi connectivity index (χ1v) is 8.02. The van der Waals surface area contributed by atoms with Crippen molar-refractivity contribution >= 4 is 11.8 Å². The zero-order valence-corrected chi connectivity index (χ0v) is 11.8. The lowest BCUT2D eigenvalue weighted by Gasteiger charge is -2.26. The Morgan fingerprint density at radius 2 is 1.79 bits per heavy atom. The molecule has 0 aromatic heterocycles. The first-order chi connectivity index (χ1) is 9.43. The smallest absolute Gasteiger partial charge is 0.0415 e. The van der Waals surface area contributed by atoms with Crippen LogP contribution in [0.15, 0.2) is 54.6 Å². The van der Waals surface area contributed by atoms with E-state index in [0.29, 0.717) is 6.04 Å². The molecular weight excluding hydrogens is 250 g/mol. The van der Waals surface area contributed by atoms with Gasteiger partial charge in [0, 0.05) is 17.5 Å². The Morgan fingerprint density at radius 1 is 1.00 bits per heavy atom. The molecule has 1 heterocycles. The van der Waals surface area contributed by atoms with Crippen molar-refractivity contribution in [3.63, 3.8) is 0 Å². The maximum Gasteiger partial charge on any atom is 0.0415 e. The Bertz CT molecular complexity index is 524. The number of hydrogen-bond donors (Lipinski definition) is 1. The van der Waals surface area contributed by atoms with E-state index < -0.39 is 0 Å². The summed E-state index contributed by atoms with van der Waals surface area (Å²) in [5.74, 6) is 2.35. The molecule has 0 saturated heterocycles. The van der Waals surface area contributed by atoms with Gasteiger partial charge in [0.2, 0.25) is 0 Å². The topological polar surface area (TPSA) is 12.0 Å². The lowest BCUT2D eigenvalue weighted by atomic mass is 10.0. The number of benzene rings is 2. The van der Waals surface area contributed by atoms with Gasteiger partial charge in [-0.2, -0.15) is 11.8 Å². The lowest BCUT2D eigenvalue weighted by molar-refractivity contribution is 0.577. The Morgan fingerprint density at radius 3 is 2.68 bits per heavy atom. The van der Waals surface area contributed by atoms with Crippen LogP contribution < -0.4 is 5.32 Å². The van der Waals surface area contributed by atoms with E-state index in [9.17, 15) is 0 Å². The third-order valence-corrected chi connectivity index (χ3v) is 4.70. The van der Waals surface area contributed by atoms with Gasteiger partial charge in [0.25, 0.3) is 0 Å². The minimum absolute atomic E-state index is 0.513. The molecule has 0 amide bonds. The standard InChI is InChI=1S/C17H19NS/c1-2-6-14(7-3-1)10-11-18-17-13-19-12-15-8-4-5-9-16(15)17/h1-9,17-18H,10-13H2. The number of thioether (sulfide) groups is 1. The van der Waals surface area contributed by atoms with E-state index in [1.54, 1.807) is 0 Å². The van der Waals surface area contributed by atoms with Gasteiger partial charge in [-0.05, 0) is 29.7 Å². The zero-order valence-electron chi connectivity index (χ0n) is 11.0. The van der Waals surface area contributed by atoms with Crippen LogP contribution in [-0.2, 0) is 12.2 Å². The van der Waals surface area contributed by atoms with Crippen molar-refractivity contribution < 1.29 is 0 Å². The fourth-order valence-electron chi connectivity index (χ4n) is 2.59. The third kappa shape index (κ3) is 3.20. The molecule has 0 fully saturated rings. The molecular formula is C17H19NS. The molecule has 1 aliphatic heterocycles. The Kier molecular flexibility index (Phi) is 4.21. The second kappa shape index (κ2) is 6.27. The molecule has 98 valence electrons. The summed E-state index contributed by atoms with van der Waals surface area (Å²) >= 11 is 2.03. The molecule has 1 aliphatic rings. The number of hydrogen-bond acceptors (Lipinski definition) is 2. The van der Waals surface area contributed by atoms with Crippen LogP contribution in [-0.4, -0.2) is 12.3 Å². The molecule has 0 saturated carbocycles. The van der Waals surface area contributed by atoms with Crippen molar-refractivity contribution in [3.05, 3.63) is 71.3 Å². The summed E-state index contributed by atoms with van der Waals surface area (Å²) in [7, 11) is 0. The quantitative estimate of drug-likeness (QED) is 0.906. The highest BCUT2D eigenvalue weighted by molar-refractivity contribution is 7.98. The summed E-state index contributed by atoms with van der Waals surface area (Å²) in [6.45, 7) is 1.05. The molecule has 1 atom stereocenters. The molecule has 19 heavy (non-hydrogen) atoms. The fourth-order valence-corrected chi connectivity index (χ4v) is 3.72. The average molecular weight is 269 g/mol. The molecule has 1 N–H and O–H groups in total. The van der Waals surface area contributed by atoms with Crippen LogP contribution in [0.5, 0.6) is 0 Å². The molecule has 2 heteroatoms. The van der Waals surface area contributed by atoms with Gasteiger partial charge in [-0.3, -0.25) is 0 Å². The van der Waals surface area contributed by atoms with Gasteiger partial charge in [-0.15, -0.1) is 0 Å². The third-order valence-electron chi connectivity index (χ3n) is 3.62. The largest absolute Gasteiger partial charge is 0.309 e. The number of fused-ring (bicyclic) bond motifs is 1. The van der Waals surface area contributed by atoms with Crippen LogP contribution in [0.25, 0.3) is 0 Å². The van der Waals surface area contributed by atoms with Gasteiger partial charge in [-0.25, -0.2) is 0 Å². The van der Waals surface area contributed by atoms with Gasteiger partial charge in [0.15, 0.2) is 0 Å². The number of nitrogens with one attached hydrogen (secondary N) is 1. The van der Waals surface area contributed by atoms with Gasteiger partial charge >= 0.3 is 0 Å². The minimum atomic E-state index is 0.513. The van der Waals surface area contributed by atoms with Crippen molar-refractivity contribution in [2.24, 2.45) is 0 Å². The summed E-state index contributed by atoms with van der Waals surface area (Å²) in [5.41, 5.74) is 4.40. The molecule has 2 aromatic rings. The van der Waals surface area contributed by atoms with Crippen LogP contribution in [0.3, 0.4) is 0 Å². The Hall–Kier alpha value is -1.25. The summed E-state index contributed by atoms with van der Waals surface area (Å²) in [6.07, 6.45) is 1.10. The summed E-state index contributed by atoms with van der Waals surface area (Å²) < 4.78 is 0. The highest BCUT2D eigenvalue weighted by Gasteiger charge is 2.18. The second-order valence-corrected chi connectivity index (χ2v) is 5.99. The van der Waals surface area contributed by atoms with Gasteiger partial charge in [-0.1, -0.05) is 54.6 Å². The van der Waals surface area contributed by atoms with Crippen molar-refractivity contribution in [1.29, 1.82) is 0 Å². The van der Waals surface area contributed by atoms with Crippen molar-refractivity contribution in [2.45, 2.75) is 18.2 Å². The summed E-state index contributed by atoms with van der Waals surface area (Å²) in [5, 5.41) is 3.71. The van der Waals surface area contributed by atoms with Crippen LogP contribution in [0.2, 0.25) is 0 Å². The average Bonchev–Trinajstić information content (AvgIpc) is 2.49. The van der Waals surface area contributed by atoms with E-state index in [2.05, 4.69) is 59.9 Å². The predicted octanol–water partition coefficient (Wildman–Crippen LogP) is 3.81. The highest BCUT2D eigenvalue weighted by atomic mass is 32.2. The molecule has 1 nitrogen and oxygen atoms in total. The van der Waals surface area contributed by atoms with Crippen LogP contribution >= 0.6 is 11.8 Å². The maximum atomic E-state index is 3.71. The first-order valence-electron chi connectivity index (χ1n) is 6.86. The van der Waals surface area contributed by atoms with Crippen molar-refractivity contribution in [1.82, 2.24) is 5.32 Å². The lowest BCUT2D eigenvalue weighted by Crippen LogP contribution is -2.28. The SMILES string of the molecule is c1ccc(CCNC2CSCc3ccccc32)cc1. The molecule has 1 unspecified atom stereocenters. The van der Waals surface area contributed by atoms with Crippen molar-refractivity contribution in [3.8, 4) is 0 Å². The van der Waals surface area contributed by atoms with E-state index in [-0.39, 0.29) is 0 Å². The van der Waals surface area contributed by atoms with Crippen molar-refractivity contribution in [2.75, 3.05) is 12.3 Å². The Labute approximate surface area is 119 Å². The fraction of sp³-hybridized carbons (Fsp3) is 0.294. The van der Waals surface area contributed by atoms with Gasteiger partial charge in [0.1, 0.15) is 0 Å². The van der Waals surface area contributed by atoms with E-state index >= 15 is 0 Å². The predicted molar refractivity (Wildman–Crippen MR) is 83.5 cm³/mol. The molecule has 0 bridgehead atoms. The molecule has 0 aliphatic carbocycles. The Balaban J connectivity index is 1.59. The molecule has 3 rings (SSSR count). The first kappa shape index (κ1) is 12.8. The van der Waals surface area contributed by atoms with E-state index in [0.717, 1.165) is 18.7 Å². The van der Waals surface area contributed by atoms with E-state index in [1.165, 1.54) is 22.4 Å². The highest BCUT2D eigenvalue weighted by Crippen LogP contribution is 2.31. The monoisotopic (exact) mass is 269 g/mol.